The average molecular weight is 473 g/mol. The summed E-state index contributed by atoms with van der Waals surface area (Å²) in [6.07, 6.45) is 3.28. The third-order valence-electron chi connectivity index (χ3n) is 5.64. The highest BCUT2D eigenvalue weighted by Crippen LogP contribution is 2.47. The van der Waals surface area contributed by atoms with Crippen molar-refractivity contribution in [1.29, 1.82) is 0 Å². The smallest absolute Gasteiger partial charge is 0.246 e. The lowest BCUT2D eigenvalue weighted by Crippen LogP contribution is -2.37. The van der Waals surface area contributed by atoms with E-state index in [4.69, 9.17) is 0 Å². The molecule has 4 nitrogen and oxygen atoms in total. The van der Waals surface area contributed by atoms with Crippen LogP contribution >= 0.6 is 29.8 Å². The van der Waals surface area contributed by atoms with Gasteiger partial charge >= 0.3 is 0 Å². The average Bonchev–Trinajstić information content (AvgIpc) is 3.35. The molecule has 0 spiro atoms. The van der Waals surface area contributed by atoms with Crippen molar-refractivity contribution in [2.24, 2.45) is 0 Å². The van der Waals surface area contributed by atoms with Gasteiger partial charge in [0.2, 0.25) is 5.91 Å². The monoisotopic (exact) mass is 473 g/mol. The summed E-state index contributed by atoms with van der Waals surface area (Å²) in [5.41, 5.74) is 4.39. The van der Waals surface area contributed by atoms with Crippen LogP contribution in [0, 0.1) is 6.92 Å². The van der Waals surface area contributed by atoms with Crippen molar-refractivity contribution in [2.45, 2.75) is 38.0 Å². The van der Waals surface area contributed by atoms with Crippen LogP contribution in [0.3, 0.4) is 0 Å². The second kappa shape index (κ2) is 8.58. The number of halogens is 1. The molecule has 1 amide bonds. The van der Waals surface area contributed by atoms with E-state index in [-0.39, 0.29) is 11.8 Å². The molecule has 0 aliphatic carbocycles. The molecule has 1 aliphatic heterocycles. The quantitative estimate of drug-likeness (QED) is 0.366. The summed E-state index contributed by atoms with van der Waals surface area (Å²) < 4.78 is 16.8. The van der Waals surface area contributed by atoms with Crippen LogP contribution in [0.4, 0.5) is 4.39 Å². The number of hydrogen-bond acceptors (Lipinski definition) is 3. The van der Waals surface area contributed by atoms with Crippen molar-refractivity contribution < 1.29 is 9.18 Å². The van der Waals surface area contributed by atoms with Gasteiger partial charge in [0.25, 0.3) is 0 Å². The first-order valence-electron chi connectivity index (χ1n) is 10.2. The molecule has 0 bridgehead atoms. The summed E-state index contributed by atoms with van der Waals surface area (Å²) in [4.78, 5) is 16.7. The number of aromatic nitrogens is 2. The van der Waals surface area contributed by atoms with Crippen LogP contribution < -0.4 is 0 Å². The summed E-state index contributed by atoms with van der Waals surface area (Å²) in [6, 6.07) is 10.3. The zero-order chi connectivity index (χ0) is 22.3. The van der Waals surface area contributed by atoms with Crippen molar-refractivity contribution >= 4 is 35.7 Å². The summed E-state index contributed by atoms with van der Waals surface area (Å²) in [5.74, 6) is -0.0778. The van der Waals surface area contributed by atoms with Gasteiger partial charge in [-0.15, -0.1) is 11.3 Å². The van der Waals surface area contributed by atoms with Gasteiger partial charge in [-0.25, -0.2) is 4.39 Å². The molecule has 0 radical (unpaired) electrons. The minimum Gasteiger partial charge on any atom is -0.333 e. The van der Waals surface area contributed by atoms with E-state index in [1.807, 2.05) is 36.2 Å². The van der Waals surface area contributed by atoms with Crippen molar-refractivity contribution in [2.75, 3.05) is 6.54 Å². The Labute approximate surface area is 190 Å². The molecule has 0 N–H and O–H groups in total. The zero-order valence-electron chi connectivity index (χ0n) is 17.6. The first kappa shape index (κ1) is 22.3. The maximum absolute atomic E-state index is 15.0. The van der Waals surface area contributed by atoms with E-state index in [9.17, 15) is 4.79 Å². The van der Waals surface area contributed by atoms with Crippen LogP contribution in [-0.4, -0.2) is 27.1 Å². The Hall–Kier alpha value is -1.87. The molecule has 3 atom stereocenters. The lowest BCUT2D eigenvalue weighted by molar-refractivity contribution is -0.127. The van der Waals surface area contributed by atoms with Crippen LogP contribution in [0.1, 0.15) is 39.4 Å². The van der Waals surface area contributed by atoms with Crippen LogP contribution in [0.15, 0.2) is 49.2 Å². The van der Waals surface area contributed by atoms with Gasteiger partial charge in [-0.1, -0.05) is 49.3 Å². The Balaban J connectivity index is 1.89. The summed E-state index contributed by atoms with van der Waals surface area (Å²) in [7, 11) is 4.46. The number of alkyl halides is 1. The summed E-state index contributed by atoms with van der Waals surface area (Å²) in [5, 5.41) is 2.76. The highest BCUT2D eigenvalue weighted by molar-refractivity contribution is 7.38. The lowest BCUT2D eigenvalue weighted by Gasteiger charge is -2.33. The number of fused-ring (bicyclic) bond motifs is 1. The van der Waals surface area contributed by atoms with Gasteiger partial charge in [-0.2, -0.15) is 5.10 Å². The fourth-order valence-corrected chi connectivity index (χ4v) is 5.77. The van der Waals surface area contributed by atoms with Gasteiger partial charge < -0.3 is 4.90 Å². The SMILES string of the molecule is C=CC(=O)N1Cc2sc(C)cc2[C@H](c2ccccc2-c2cn(CC)nc2C(F)(P)P)C1. The maximum atomic E-state index is 15.0. The van der Waals surface area contributed by atoms with Crippen LogP contribution in [0.2, 0.25) is 0 Å². The van der Waals surface area contributed by atoms with Crippen molar-refractivity contribution in [3.05, 3.63) is 75.8 Å². The minimum absolute atomic E-state index is 0.00495. The first-order valence-corrected chi connectivity index (χ1v) is 12.1. The Morgan fingerprint density at radius 2 is 2.10 bits per heavy atom. The van der Waals surface area contributed by atoms with Gasteiger partial charge in [-0.3, -0.25) is 9.48 Å². The molecule has 4 rings (SSSR count). The number of aryl methyl sites for hydroxylation is 2. The standard InChI is InChI=1S/C23H26FN3OP2S/c1-4-21(28)26-11-18(17-10-14(3)31-20(17)13-26)15-8-6-7-9-16(15)19-12-27(5-2)25-22(19)23(24,29)30/h4,6-10,12,18H,1,5,11,13,29-30H2,2-3H3/t18-/m0/s1. The predicted molar refractivity (Wildman–Crippen MR) is 132 cm³/mol. The molecule has 1 aromatic carbocycles. The number of amides is 1. The molecule has 2 unspecified atom stereocenters. The van der Waals surface area contributed by atoms with E-state index in [0.29, 0.717) is 25.3 Å². The second-order valence-electron chi connectivity index (χ2n) is 7.81. The molecule has 1 aliphatic rings. The zero-order valence-corrected chi connectivity index (χ0v) is 20.8. The number of hydrogen-bond donors (Lipinski definition) is 0. The molecule has 3 heterocycles. The number of benzene rings is 1. The molecular formula is C23H26FN3OP2S. The maximum Gasteiger partial charge on any atom is 0.246 e. The van der Waals surface area contributed by atoms with E-state index in [0.717, 1.165) is 16.7 Å². The minimum atomic E-state index is -1.73. The van der Waals surface area contributed by atoms with Crippen molar-refractivity contribution in [3.8, 4) is 11.1 Å². The van der Waals surface area contributed by atoms with Crippen molar-refractivity contribution in [1.82, 2.24) is 14.7 Å². The summed E-state index contributed by atoms with van der Waals surface area (Å²) >= 11 is 1.73. The van der Waals surface area contributed by atoms with E-state index in [2.05, 4.69) is 49.2 Å². The van der Waals surface area contributed by atoms with Crippen LogP contribution in [-0.2, 0) is 23.0 Å². The third-order valence-corrected chi connectivity index (χ3v) is 7.24. The molecule has 3 aromatic rings. The first-order chi connectivity index (χ1) is 14.7. The molecule has 0 saturated heterocycles. The highest BCUT2D eigenvalue weighted by atomic mass is 32.1. The Morgan fingerprint density at radius 1 is 1.35 bits per heavy atom. The van der Waals surface area contributed by atoms with E-state index >= 15 is 4.39 Å². The van der Waals surface area contributed by atoms with E-state index in [1.165, 1.54) is 21.4 Å². The molecule has 31 heavy (non-hydrogen) atoms. The molecule has 162 valence electrons. The number of carbonyl (C=O) groups excluding carboxylic acids is 1. The number of carbonyl (C=O) groups is 1. The van der Waals surface area contributed by atoms with E-state index in [1.54, 1.807) is 16.0 Å². The van der Waals surface area contributed by atoms with Gasteiger partial charge in [0.05, 0.1) is 6.54 Å². The number of rotatable bonds is 5. The van der Waals surface area contributed by atoms with Gasteiger partial charge in [0, 0.05) is 40.5 Å². The van der Waals surface area contributed by atoms with Gasteiger partial charge in [-0.05, 0) is 42.7 Å². The van der Waals surface area contributed by atoms with Crippen LogP contribution in [0.25, 0.3) is 11.1 Å². The highest BCUT2D eigenvalue weighted by Gasteiger charge is 2.34. The second-order valence-corrected chi connectivity index (χ2v) is 11.5. The Kier molecular flexibility index (Phi) is 6.18. The normalized spacial score (nSPS) is 16.3. The number of thiophene rings is 1. The Morgan fingerprint density at radius 3 is 2.77 bits per heavy atom. The Bertz CT molecular complexity index is 1150. The molecule has 8 heteroatoms. The molecule has 0 saturated carbocycles. The van der Waals surface area contributed by atoms with Gasteiger partial charge in [0.15, 0.2) is 5.15 Å². The fourth-order valence-electron chi connectivity index (χ4n) is 4.23. The third kappa shape index (κ3) is 4.26. The molecule has 2 aromatic heterocycles. The van der Waals surface area contributed by atoms with Gasteiger partial charge in [0.1, 0.15) is 5.69 Å². The van der Waals surface area contributed by atoms with E-state index < -0.39 is 5.15 Å². The summed E-state index contributed by atoms with van der Waals surface area (Å²) in [6.45, 7) is 9.55. The lowest BCUT2D eigenvalue weighted by atomic mass is 9.83. The molecular weight excluding hydrogens is 447 g/mol. The van der Waals surface area contributed by atoms with Crippen molar-refractivity contribution in [3.63, 3.8) is 0 Å². The molecule has 0 fully saturated rings. The topological polar surface area (TPSA) is 38.1 Å². The largest absolute Gasteiger partial charge is 0.333 e. The fraction of sp³-hybridized carbons (Fsp3) is 0.304. The number of nitrogens with zero attached hydrogens (tertiary/aromatic N) is 3. The van der Waals surface area contributed by atoms with Crippen LogP contribution in [0.5, 0.6) is 0 Å². The predicted octanol–water partition coefficient (Wildman–Crippen LogP) is 5.43.